The van der Waals surface area contributed by atoms with Crippen molar-refractivity contribution in [2.45, 2.75) is 77.4 Å². The van der Waals surface area contributed by atoms with Crippen molar-refractivity contribution in [3.8, 4) is 0 Å². The van der Waals surface area contributed by atoms with Crippen molar-refractivity contribution in [2.75, 3.05) is 27.2 Å². The molecule has 6 atom stereocenters. The molecule has 30 heavy (non-hydrogen) atoms. The van der Waals surface area contributed by atoms with Crippen molar-refractivity contribution in [3.05, 3.63) is 23.8 Å². The molecule has 5 nitrogen and oxygen atoms in total. The van der Waals surface area contributed by atoms with E-state index < -0.39 is 6.10 Å². The Morgan fingerprint density at radius 1 is 1.37 bits per heavy atom. The van der Waals surface area contributed by atoms with Gasteiger partial charge in [-0.2, -0.15) is 0 Å². The number of unbranched alkanes of at least 4 members (excludes halogenated alkanes) is 1. The Balaban J connectivity index is 1.73. The minimum Gasteiger partial charge on any atom is -0.392 e. The van der Waals surface area contributed by atoms with E-state index in [1.165, 1.54) is 24.8 Å². The summed E-state index contributed by atoms with van der Waals surface area (Å²) in [6.45, 7) is 6.02. The first-order chi connectivity index (χ1) is 14.3. The third-order valence-corrected chi connectivity index (χ3v) is 6.84. The Labute approximate surface area is 183 Å². The molecule has 5 heteroatoms. The van der Waals surface area contributed by atoms with Crippen LogP contribution in [0.1, 0.15) is 65.2 Å². The van der Waals surface area contributed by atoms with E-state index in [1.54, 1.807) is 19.0 Å². The monoisotopic (exact) mass is 420 g/mol. The van der Waals surface area contributed by atoms with Crippen LogP contribution >= 0.6 is 0 Å². The second-order valence-corrected chi connectivity index (χ2v) is 9.71. The highest BCUT2D eigenvalue weighted by molar-refractivity contribution is 5.75. The number of aliphatic hydroxyl groups excluding tert-OH is 2. The van der Waals surface area contributed by atoms with E-state index in [0.29, 0.717) is 24.2 Å². The molecule has 0 radical (unpaired) electrons. The number of hydrogen-bond acceptors (Lipinski definition) is 4. The van der Waals surface area contributed by atoms with Gasteiger partial charge in [0, 0.05) is 33.0 Å². The summed E-state index contributed by atoms with van der Waals surface area (Å²) >= 11 is 0. The SMILES string of the molecule is CCCC[C@H](C)C[C@H](O)C=C[C@@H]1C2CC(CCNCCC(=O)N(C)C)=C[C@H]2C[C@H]1O. The predicted molar refractivity (Wildman–Crippen MR) is 123 cm³/mol. The standard InChI is InChI=1S/C25H44N2O3/c1-5-6-7-18(2)14-21(28)8-9-22-23-16-19(15-20(23)17-24(22)29)10-12-26-13-11-25(30)27(3)4/h8-9,15,18,20-24,26,28-29H,5-7,10-14,16-17H2,1-4H3/t18-,20-,21+,22+,23?,24+/m0/s1. The highest BCUT2D eigenvalue weighted by Crippen LogP contribution is 2.47. The summed E-state index contributed by atoms with van der Waals surface area (Å²) < 4.78 is 0. The largest absolute Gasteiger partial charge is 0.392 e. The number of allylic oxidation sites excluding steroid dienone is 1. The van der Waals surface area contributed by atoms with Crippen LogP contribution in [0.2, 0.25) is 0 Å². The molecule has 2 aliphatic carbocycles. The molecule has 0 heterocycles. The number of hydrogen-bond donors (Lipinski definition) is 3. The molecule has 172 valence electrons. The van der Waals surface area contributed by atoms with Gasteiger partial charge < -0.3 is 20.4 Å². The molecule has 3 N–H and O–H groups in total. The topological polar surface area (TPSA) is 72.8 Å². The normalized spacial score (nSPS) is 27.9. The van der Waals surface area contributed by atoms with Crippen LogP contribution in [-0.2, 0) is 4.79 Å². The second-order valence-electron chi connectivity index (χ2n) is 9.71. The maximum atomic E-state index is 11.6. The average molecular weight is 421 g/mol. The number of aliphatic hydroxyl groups is 2. The number of nitrogens with one attached hydrogen (secondary N) is 1. The van der Waals surface area contributed by atoms with Gasteiger partial charge in [0.2, 0.25) is 5.91 Å². The zero-order valence-electron chi connectivity index (χ0n) is 19.5. The van der Waals surface area contributed by atoms with Crippen molar-refractivity contribution in [1.29, 1.82) is 0 Å². The Morgan fingerprint density at radius 2 is 2.13 bits per heavy atom. The lowest BCUT2D eigenvalue weighted by molar-refractivity contribution is -0.128. The molecule has 1 unspecified atom stereocenters. The van der Waals surface area contributed by atoms with Gasteiger partial charge in [0.15, 0.2) is 0 Å². The zero-order valence-corrected chi connectivity index (χ0v) is 19.5. The molecule has 0 aromatic heterocycles. The van der Waals surface area contributed by atoms with E-state index in [4.69, 9.17) is 0 Å². The number of amides is 1. The molecule has 0 aromatic carbocycles. The molecule has 2 rings (SSSR count). The minimum absolute atomic E-state index is 0.148. The van der Waals surface area contributed by atoms with Gasteiger partial charge >= 0.3 is 0 Å². The molecule has 1 saturated carbocycles. The Bertz CT molecular complexity index is 587. The third kappa shape index (κ3) is 7.82. The van der Waals surface area contributed by atoms with Crippen LogP contribution in [0.5, 0.6) is 0 Å². The van der Waals surface area contributed by atoms with E-state index in [-0.39, 0.29) is 17.9 Å². The van der Waals surface area contributed by atoms with Crippen molar-refractivity contribution in [3.63, 3.8) is 0 Å². The molecular formula is C25H44N2O3. The number of carbonyl (C=O) groups is 1. The average Bonchev–Trinajstić information content (AvgIpc) is 3.20. The maximum Gasteiger partial charge on any atom is 0.223 e. The lowest BCUT2D eigenvalue weighted by atomic mass is 9.88. The fourth-order valence-electron chi connectivity index (χ4n) is 5.00. The van der Waals surface area contributed by atoms with Gasteiger partial charge in [-0.05, 0) is 50.0 Å². The van der Waals surface area contributed by atoms with E-state index in [2.05, 4.69) is 31.3 Å². The first-order valence-electron chi connectivity index (χ1n) is 12.0. The van der Waals surface area contributed by atoms with Gasteiger partial charge in [0.05, 0.1) is 12.2 Å². The molecule has 1 fully saturated rings. The number of carbonyl (C=O) groups excluding carboxylic acids is 1. The predicted octanol–water partition coefficient (Wildman–Crippen LogP) is 3.52. The first kappa shape index (κ1) is 25.1. The van der Waals surface area contributed by atoms with E-state index in [1.807, 2.05) is 6.08 Å². The Kier molecular flexibility index (Phi) is 10.6. The van der Waals surface area contributed by atoms with Crippen LogP contribution in [0.4, 0.5) is 0 Å². The summed E-state index contributed by atoms with van der Waals surface area (Å²) in [6.07, 6.45) is 13.5. The number of nitrogens with zero attached hydrogens (tertiary/aromatic N) is 1. The summed E-state index contributed by atoms with van der Waals surface area (Å²) in [5, 5.41) is 24.3. The molecule has 0 aliphatic heterocycles. The fourth-order valence-corrected chi connectivity index (χ4v) is 5.00. The number of rotatable bonds is 13. The zero-order chi connectivity index (χ0) is 22.1. The lowest BCUT2D eigenvalue weighted by Crippen LogP contribution is -2.27. The molecular weight excluding hydrogens is 376 g/mol. The highest BCUT2D eigenvalue weighted by atomic mass is 16.3. The van der Waals surface area contributed by atoms with Gasteiger partial charge in [-0.15, -0.1) is 0 Å². The second kappa shape index (κ2) is 12.6. The summed E-state index contributed by atoms with van der Waals surface area (Å²) in [5.41, 5.74) is 1.47. The van der Waals surface area contributed by atoms with Gasteiger partial charge in [-0.1, -0.05) is 56.9 Å². The van der Waals surface area contributed by atoms with Crippen molar-refractivity contribution < 1.29 is 15.0 Å². The number of fused-ring (bicyclic) bond motifs is 1. The lowest BCUT2D eigenvalue weighted by Gasteiger charge is -2.19. The van der Waals surface area contributed by atoms with Crippen LogP contribution < -0.4 is 5.32 Å². The van der Waals surface area contributed by atoms with Crippen molar-refractivity contribution in [2.24, 2.45) is 23.7 Å². The van der Waals surface area contributed by atoms with Crippen LogP contribution in [0.25, 0.3) is 0 Å². The van der Waals surface area contributed by atoms with Gasteiger partial charge in [-0.25, -0.2) is 0 Å². The van der Waals surface area contributed by atoms with Crippen LogP contribution in [0.3, 0.4) is 0 Å². The molecule has 2 aliphatic rings. The quantitative estimate of drug-likeness (QED) is 0.315. The summed E-state index contributed by atoms with van der Waals surface area (Å²) in [6, 6.07) is 0. The third-order valence-electron chi connectivity index (χ3n) is 6.84. The van der Waals surface area contributed by atoms with E-state index in [9.17, 15) is 15.0 Å². The minimum atomic E-state index is -0.411. The smallest absolute Gasteiger partial charge is 0.223 e. The van der Waals surface area contributed by atoms with Gasteiger partial charge in [0.1, 0.15) is 0 Å². The van der Waals surface area contributed by atoms with E-state index in [0.717, 1.165) is 38.8 Å². The van der Waals surface area contributed by atoms with Gasteiger partial charge in [0.25, 0.3) is 0 Å². The fraction of sp³-hybridized carbons (Fsp3) is 0.800. The van der Waals surface area contributed by atoms with Gasteiger partial charge in [-0.3, -0.25) is 4.79 Å². The summed E-state index contributed by atoms with van der Waals surface area (Å²) in [7, 11) is 3.57. The van der Waals surface area contributed by atoms with Crippen molar-refractivity contribution >= 4 is 5.91 Å². The molecule has 0 spiro atoms. The summed E-state index contributed by atoms with van der Waals surface area (Å²) in [5.74, 6) is 1.76. The van der Waals surface area contributed by atoms with Crippen LogP contribution in [0, 0.1) is 23.7 Å². The van der Waals surface area contributed by atoms with Crippen molar-refractivity contribution in [1.82, 2.24) is 10.2 Å². The van der Waals surface area contributed by atoms with E-state index >= 15 is 0 Å². The van der Waals surface area contributed by atoms with Crippen LogP contribution in [0.15, 0.2) is 23.8 Å². The molecule has 0 aromatic rings. The Hall–Kier alpha value is -1.17. The first-order valence-corrected chi connectivity index (χ1v) is 12.0. The molecule has 0 saturated heterocycles. The van der Waals surface area contributed by atoms with Crippen LogP contribution in [-0.4, -0.2) is 60.4 Å². The highest BCUT2D eigenvalue weighted by Gasteiger charge is 2.43. The molecule has 0 bridgehead atoms. The molecule has 1 amide bonds. The Morgan fingerprint density at radius 3 is 2.83 bits per heavy atom. The maximum absolute atomic E-state index is 11.6. The summed E-state index contributed by atoms with van der Waals surface area (Å²) in [4.78, 5) is 13.2.